The number of nitrogens with zero attached hydrogens (tertiary/aromatic N) is 2. The Balaban J connectivity index is 1.41. The van der Waals surface area contributed by atoms with Crippen molar-refractivity contribution in [3.63, 3.8) is 0 Å². The van der Waals surface area contributed by atoms with Crippen molar-refractivity contribution in [3.05, 3.63) is 35.9 Å². The lowest BCUT2D eigenvalue weighted by Crippen LogP contribution is -2.47. The highest BCUT2D eigenvalue weighted by molar-refractivity contribution is 5.80. The smallest absolute Gasteiger partial charge is 0.193 e. The third-order valence-electron chi connectivity index (χ3n) is 6.05. The molecule has 4 heteroatoms. The van der Waals surface area contributed by atoms with E-state index in [0.29, 0.717) is 5.41 Å². The molecule has 1 aliphatic heterocycles. The molecule has 4 nitrogen and oxygen atoms in total. The van der Waals surface area contributed by atoms with Gasteiger partial charge in [0.2, 0.25) is 0 Å². The molecule has 3 rings (SSSR count). The van der Waals surface area contributed by atoms with Crippen molar-refractivity contribution in [1.82, 2.24) is 10.2 Å². The van der Waals surface area contributed by atoms with Gasteiger partial charge in [-0.1, -0.05) is 30.3 Å². The number of piperidine rings is 1. The van der Waals surface area contributed by atoms with Crippen molar-refractivity contribution in [2.24, 2.45) is 16.3 Å². The Labute approximate surface area is 159 Å². The van der Waals surface area contributed by atoms with Gasteiger partial charge in [-0.2, -0.15) is 0 Å². The van der Waals surface area contributed by atoms with Gasteiger partial charge in [0.25, 0.3) is 0 Å². The summed E-state index contributed by atoms with van der Waals surface area (Å²) in [6.45, 7) is 7.05. The maximum absolute atomic E-state index is 5.55. The van der Waals surface area contributed by atoms with E-state index in [1.165, 1.54) is 44.1 Å². The van der Waals surface area contributed by atoms with Gasteiger partial charge in [0.1, 0.15) is 0 Å². The van der Waals surface area contributed by atoms with Gasteiger partial charge in [0.15, 0.2) is 5.96 Å². The van der Waals surface area contributed by atoms with Crippen LogP contribution in [0.2, 0.25) is 0 Å². The minimum Gasteiger partial charge on any atom is -0.382 e. The van der Waals surface area contributed by atoms with E-state index < -0.39 is 0 Å². The number of aliphatic imine (C=N–C) groups is 1. The molecule has 0 unspecified atom stereocenters. The number of guanidine groups is 1. The zero-order chi connectivity index (χ0) is 18.2. The lowest BCUT2D eigenvalue weighted by molar-refractivity contribution is 0.128. The van der Waals surface area contributed by atoms with Gasteiger partial charge in [0, 0.05) is 39.9 Å². The molecule has 26 heavy (non-hydrogen) atoms. The highest BCUT2D eigenvalue weighted by Gasteiger charge is 2.42. The minimum absolute atomic E-state index is 0.455. The molecule has 1 aliphatic carbocycles. The van der Waals surface area contributed by atoms with E-state index in [1.807, 2.05) is 7.05 Å². The summed E-state index contributed by atoms with van der Waals surface area (Å²) < 4.78 is 5.55. The number of benzene rings is 1. The van der Waals surface area contributed by atoms with Crippen LogP contribution in [0.25, 0.3) is 0 Å². The molecule has 1 aromatic rings. The highest BCUT2D eigenvalue weighted by atomic mass is 16.5. The van der Waals surface area contributed by atoms with Crippen LogP contribution in [0.15, 0.2) is 35.3 Å². The number of likely N-dealkylation sites (tertiary alicyclic amines) is 1. The van der Waals surface area contributed by atoms with Crippen LogP contribution in [-0.2, 0) is 11.2 Å². The van der Waals surface area contributed by atoms with E-state index in [-0.39, 0.29) is 0 Å². The molecule has 1 heterocycles. The van der Waals surface area contributed by atoms with Crippen LogP contribution in [0, 0.1) is 11.3 Å². The third-order valence-corrected chi connectivity index (χ3v) is 6.05. The molecular weight excluding hydrogens is 322 g/mol. The second kappa shape index (κ2) is 9.40. The van der Waals surface area contributed by atoms with E-state index in [2.05, 4.69) is 52.5 Å². The second-order valence-electron chi connectivity index (χ2n) is 7.97. The SMILES string of the molecule is CCOCCC1(CNC(=NC)N2CCC(Cc3ccccc3)CC2)CC1. The van der Waals surface area contributed by atoms with E-state index >= 15 is 0 Å². The van der Waals surface area contributed by atoms with Crippen molar-refractivity contribution in [1.29, 1.82) is 0 Å². The molecule has 1 saturated carbocycles. The lowest BCUT2D eigenvalue weighted by Gasteiger charge is -2.35. The van der Waals surface area contributed by atoms with Crippen LogP contribution in [0.1, 0.15) is 44.6 Å². The molecule has 0 radical (unpaired) electrons. The Morgan fingerprint density at radius 1 is 1.23 bits per heavy atom. The fourth-order valence-corrected chi connectivity index (χ4v) is 4.02. The second-order valence-corrected chi connectivity index (χ2v) is 7.97. The number of ether oxygens (including phenoxy) is 1. The van der Waals surface area contributed by atoms with E-state index in [4.69, 9.17) is 4.74 Å². The maximum atomic E-state index is 5.55. The maximum Gasteiger partial charge on any atom is 0.193 e. The van der Waals surface area contributed by atoms with E-state index in [1.54, 1.807) is 0 Å². The monoisotopic (exact) mass is 357 g/mol. The summed E-state index contributed by atoms with van der Waals surface area (Å²) in [6, 6.07) is 10.9. The zero-order valence-corrected chi connectivity index (χ0v) is 16.5. The summed E-state index contributed by atoms with van der Waals surface area (Å²) in [7, 11) is 1.91. The van der Waals surface area contributed by atoms with E-state index in [9.17, 15) is 0 Å². The Bertz CT molecular complexity index is 560. The van der Waals surface area contributed by atoms with Crippen LogP contribution in [0.5, 0.6) is 0 Å². The Kier molecular flexibility index (Phi) is 6.95. The largest absolute Gasteiger partial charge is 0.382 e. The predicted octanol–water partition coefficient (Wildman–Crippen LogP) is 3.72. The molecular formula is C22H35N3O. The molecule has 1 aromatic carbocycles. The Morgan fingerprint density at radius 2 is 1.96 bits per heavy atom. The summed E-state index contributed by atoms with van der Waals surface area (Å²) in [4.78, 5) is 6.99. The van der Waals surface area contributed by atoms with Crippen LogP contribution in [0.4, 0.5) is 0 Å². The molecule has 144 valence electrons. The van der Waals surface area contributed by atoms with Crippen LogP contribution < -0.4 is 5.32 Å². The van der Waals surface area contributed by atoms with Gasteiger partial charge in [-0.3, -0.25) is 4.99 Å². The lowest BCUT2D eigenvalue weighted by atomic mass is 9.90. The van der Waals surface area contributed by atoms with Crippen molar-refractivity contribution in [2.45, 2.75) is 45.4 Å². The van der Waals surface area contributed by atoms with Crippen LogP contribution >= 0.6 is 0 Å². The summed E-state index contributed by atoms with van der Waals surface area (Å²) in [5.41, 5.74) is 1.93. The molecule has 1 N–H and O–H groups in total. The molecule has 0 amide bonds. The molecule has 2 aliphatic rings. The molecule has 0 bridgehead atoms. The molecule has 1 saturated heterocycles. The van der Waals surface area contributed by atoms with Gasteiger partial charge < -0.3 is 15.0 Å². The molecule has 0 atom stereocenters. The average Bonchev–Trinajstić information content (AvgIpc) is 3.45. The zero-order valence-electron chi connectivity index (χ0n) is 16.5. The van der Waals surface area contributed by atoms with Crippen molar-refractivity contribution >= 4 is 5.96 Å². The fourth-order valence-electron chi connectivity index (χ4n) is 4.02. The quantitative estimate of drug-likeness (QED) is 0.438. The first-order valence-electron chi connectivity index (χ1n) is 10.3. The Hall–Kier alpha value is -1.55. The first kappa shape index (κ1) is 19.2. The van der Waals surface area contributed by atoms with Crippen molar-refractivity contribution < 1.29 is 4.74 Å². The summed E-state index contributed by atoms with van der Waals surface area (Å²) >= 11 is 0. The number of hydrogen-bond acceptors (Lipinski definition) is 2. The first-order chi connectivity index (χ1) is 12.7. The normalized spacial score (nSPS) is 20.2. The van der Waals surface area contributed by atoms with Gasteiger partial charge in [0.05, 0.1) is 0 Å². The Morgan fingerprint density at radius 3 is 2.58 bits per heavy atom. The van der Waals surface area contributed by atoms with Gasteiger partial charge in [-0.05, 0) is 62.3 Å². The van der Waals surface area contributed by atoms with Crippen LogP contribution in [0.3, 0.4) is 0 Å². The first-order valence-corrected chi connectivity index (χ1v) is 10.3. The summed E-state index contributed by atoms with van der Waals surface area (Å²) in [5, 5.41) is 3.65. The van der Waals surface area contributed by atoms with Crippen molar-refractivity contribution in [2.75, 3.05) is 39.9 Å². The number of rotatable bonds is 8. The predicted molar refractivity (Wildman–Crippen MR) is 109 cm³/mol. The minimum atomic E-state index is 0.455. The molecule has 0 spiro atoms. The molecule has 2 fully saturated rings. The average molecular weight is 358 g/mol. The van der Waals surface area contributed by atoms with Gasteiger partial charge in [-0.15, -0.1) is 0 Å². The fraction of sp³-hybridized carbons (Fsp3) is 0.682. The van der Waals surface area contributed by atoms with Crippen LogP contribution in [-0.4, -0.2) is 50.8 Å². The number of nitrogens with one attached hydrogen (secondary N) is 1. The third kappa shape index (κ3) is 5.47. The van der Waals surface area contributed by atoms with Crippen molar-refractivity contribution in [3.8, 4) is 0 Å². The highest BCUT2D eigenvalue weighted by Crippen LogP contribution is 2.48. The molecule has 0 aromatic heterocycles. The topological polar surface area (TPSA) is 36.9 Å². The van der Waals surface area contributed by atoms with E-state index in [0.717, 1.165) is 44.7 Å². The summed E-state index contributed by atoms with van der Waals surface area (Å²) in [5.74, 6) is 1.89. The van der Waals surface area contributed by atoms with Gasteiger partial charge in [-0.25, -0.2) is 0 Å². The number of hydrogen-bond donors (Lipinski definition) is 1. The standard InChI is InChI=1S/C22H35N3O/c1-3-26-16-13-22(11-12-22)18-24-21(23-2)25-14-9-20(10-15-25)17-19-7-5-4-6-8-19/h4-8,20H,3,9-18H2,1-2H3,(H,23,24). The van der Waals surface area contributed by atoms with Gasteiger partial charge >= 0.3 is 0 Å². The summed E-state index contributed by atoms with van der Waals surface area (Å²) in [6.07, 6.45) is 7.54.